The Labute approximate surface area is 166 Å². The molecular formula is C22H19FN4O2. The molecule has 29 heavy (non-hydrogen) atoms. The van der Waals surface area contributed by atoms with Gasteiger partial charge in [0.05, 0.1) is 18.2 Å². The zero-order chi connectivity index (χ0) is 20.0. The summed E-state index contributed by atoms with van der Waals surface area (Å²) in [5.41, 5.74) is 5.05. The fraction of sp³-hybridized carbons (Fsp3) is 0.227. The van der Waals surface area contributed by atoms with Crippen LogP contribution in [0.4, 0.5) is 4.39 Å². The number of nitrogens with one attached hydrogen (secondary N) is 2. The lowest BCUT2D eigenvalue weighted by Crippen LogP contribution is -2.37. The van der Waals surface area contributed by atoms with Gasteiger partial charge in [-0.15, -0.1) is 0 Å². The van der Waals surface area contributed by atoms with Gasteiger partial charge in [-0.25, -0.2) is 4.39 Å². The number of aromatic amines is 1. The van der Waals surface area contributed by atoms with Crippen molar-refractivity contribution in [1.82, 2.24) is 20.4 Å². The highest BCUT2D eigenvalue weighted by Crippen LogP contribution is 2.31. The maximum atomic E-state index is 13.3. The summed E-state index contributed by atoms with van der Waals surface area (Å²) in [5, 5.41) is 10.3. The number of nitrogens with zero attached hydrogens (tertiary/aromatic N) is 2. The lowest BCUT2D eigenvalue weighted by Gasteiger charge is -2.28. The van der Waals surface area contributed by atoms with E-state index in [-0.39, 0.29) is 30.1 Å². The lowest BCUT2D eigenvalue weighted by atomic mass is 9.99. The largest absolute Gasteiger partial charge is 0.345 e. The second kappa shape index (κ2) is 6.84. The van der Waals surface area contributed by atoms with Crippen molar-refractivity contribution in [3.63, 3.8) is 0 Å². The molecule has 0 saturated heterocycles. The third-order valence-electron chi connectivity index (χ3n) is 5.67. The van der Waals surface area contributed by atoms with E-state index in [0.717, 1.165) is 28.1 Å². The fourth-order valence-corrected chi connectivity index (χ4v) is 4.14. The predicted octanol–water partition coefficient (Wildman–Crippen LogP) is 2.98. The third-order valence-corrected chi connectivity index (χ3v) is 5.67. The van der Waals surface area contributed by atoms with E-state index in [4.69, 9.17) is 0 Å². The van der Waals surface area contributed by atoms with Crippen LogP contribution >= 0.6 is 0 Å². The number of fused-ring (bicyclic) bond motifs is 2. The maximum Gasteiger partial charge on any atom is 0.252 e. The predicted molar refractivity (Wildman–Crippen MR) is 104 cm³/mol. The van der Waals surface area contributed by atoms with Gasteiger partial charge in [0.25, 0.3) is 5.91 Å². The van der Waals surface area contributed by atoms with Crippen molar-refractivity contribution in [2.75, 3.05) is 6.54 Å². The van der Waals surface area contributed by atoms with Gasteiger partial charge >= 0.3 is 0 Å². The zero-order valence-corrected chi connectivity index (χ0v) is 15.6. The Kier molecular flexibility index (Phi) is 4.16. The average molecular weight is 390 g/mol. The van der Waals surface area contributed by atoms with Crippen molar-refractivity contribution < 1.29 is 14.0 Å². The molecule has 0 bridgehead atoms. The Balaban J connectivity index is 1.35. The quantitative estimate of drug-likeness (QED) is 0.722. The highest BCUT2D eigenvalue weighted by atomic mass is 19.1. The number of benzene rings is 2. The number of halogens is 1. The first-order valence-corrected chi connectivity index (χ1v) is 9.60. The van der Waals surface area contributed by atoms with E-state index in [9.17, 15) is 14.0 Å². The van der Waals surface area contributed by atoms with E-state index in [1.165, 1.54) is 12.1 Å². The summed E-state index contributed by atoms with van der Waals surface area (Å²) in [6, 6.07) is 13.3. The Morgan fingerprint density at radius 3 is 2.79 bits per heavy atom. The Bertz CT molecular complexity index is 1110. The van der Waals surface area contributed by atoms with Crippen LogP contribution in [0, 0.1) is 5.82 Å². The van der Waals surface area contributed by atoms with Crippen molar-refractivity contribution in [1.29, 1.82) is 0 Å². The van der Waals surface area contributed by atoms with Crippen LogP contribution in [0.25, 0.3) is 11.3 Å². The molecule has 146 valence electrons. The highest BCUT2D eigenvalue weighted by Gasteiger charge is 2.32. The fourth-order valence-electron chi connectivity index (χ4n) is 4.14. The molecule has 0 saturated carbocycles. The molecule has 2 amide bonds. The molecule has 7 heteroatoms. The molecule has 1 aromatic heterocycles. The third kappa shape index (κ3) is 3.08. The first kappa shape index (κ1) is 17.6. The molecule has 6 nitrogen and oxygen atoms in total. The van der Waals surface area contributed by atoms with E-state index in [0.29, 0.717) is 25.1 Å². The van der Waals surface area contributed by atoms with Crippen LogP contribution in [-0.4, -0.2) is 33.5 Å². The summed E-state index contributed by atoms with van der Waals surface area (Å²) in [7, 11) is 0. The van der Waals surface area contributed by atoms with Gasteiger partial charge in [0.1, 0.15) is 5.82 Å². The Morgan fingerprint density at radius 1 is 1.17 bits per heavy atom. The van der Waals surface area contributed by atoms with E-state index < -0.39 is 0 Å². The molecule has 2 aliphatic rings. The normalized spacial score (nSPS) is 17.6. The number of carbonyl (C=O) groups excluding carboxylic acids is 2. The van der Waals surface area contributed by atoms with E-state index >= 15 is 0 Å². The molecule has 5 rings (SSSR count). The minimum atomic E-state index is -0.298. The van der Waals surface area contributed by atoms with Crippen molar-refractivity contribution in [2.24, 2.45) is 0 Å². The molecule has 0 radical (unpaired) electrons. The van der Waals surface area contributed by atoms with Gasteiger partial charge < -0.3 is 10.2 Å². The molecule has 1 unspecified atom stereocenters. The van der Waals surface area contributed by atoms with Crippen LogP contribution in [0.3, 0.4) is 0 Å². The summed E-state index contributed by atoms with van der Waals surface area (Å²) >= 11 is 0. The number of amides is 2. The number of hydrogen-bond acceptors (Lipinski definition) is 3. The van der Waals surface area contributed by atoms with E-state index in [1.54, 1.807) is 23.1 Å². The van der Waals surface area contributed by atoms with Crippen LogP contribution < -0.4 is 5.32 Å². The summed E-state index contributed by atoms with van der Waals surface area (Å²) in [4.78, 5) is 26.9. The molecular weight excluding hydrogens is 371 g/mol. The van der Waals surface area contributed by atoms with Gasteiger partial charge in [0.15, 0.2) is 0 Å². The molecule has 0 aliphatic carbocycles. The van der Waals surface area contributed by atoms with Gasteiger partial charge in [-0.2, -0.15) is 5.10 Å². The summed E-state index contributed by atoms with van der Waals surface area (Å²) in [5.74, 6) is -0.439. The number of rotatable bonds is 3. The maximum absolute atomic E-state index is 13.3. The van der Waals surface area contributed by atoms with Crippen molar-refractivity contribution in [2.45, 2.75) is 25.4 Å². The van der Waals surface area contributed by atoms with Gasteiger partial charge in [0.2, 0.25) is 5.91 Å². The van der Waals surface area contributed by atoms with Crippen LogP contribution in [0.15, 0.2) is 48.5 Å². The van der Waals surface area contributed by atoms with E-state index in [2.05, 4.69) is 15.5 Å². The second-order valence-corrected chi connectivity index (χ2v) is 7.42. The summed E-state index contributed by atoms with van der Waals surface area (Å²) < 4.78 is 13.3. The monoisotopic (exact) mass is 390 g/mol. The minimum Gasteiger partial charge on any atom is -0.345 e. The molecule has 2 N–H and O–H groups in total. The molecule has 1 atom stereocenters. The topological polar surface area (TPSA) is 78.1 Å². The van der Waals surface area contributed by atoms with Crippen LogP contribution in [0.2, 0.25) is 0 Å². The van der Waals surface area contributed by atoms with Gasteiger partial charge in [-0.3, -0.25) is 14.7 Å². The second-order valence-electron chi connectivity index (χ2n) is 7.42. The Morgan fingerprint density at radius 2 is 1.97 bits per heavy atom. The molecule has 3 heterocycles. The van der Waals surface area contributed by atoms with Gasteiger partial charge in [0, 0.05) is 41.9 Å². The highest BCUT2D eigenvalue weighted by molar-refractivity contribution is 5.99. The van der Waals surface area contributed by atoms with Crippen molar-refractivity contribution >= 4 is 11.8 Å². The average Bonchev–Trinajstić information content (AvgIpc) is 3.30. The smallest absolute Gasteiger partial charge is 0.252 e. The number of H-pyrrole nitrogens is 1. The molecule has 2 aromatic carbocycles. The molecule has 3 aromatic rings. The zero-order valence-electron chi connectivity index (χ0n) is 15.6. The molecule has 2 aliphatic heterocycles. The van der Waals surface area contributed by atoms with E-state index in [1.807, 2.05) is 18.2 Å². The Hall–Kier alpha value is -3.48. The number of carbonyl (C=O) groups is 2. The first-order valence-electron chi connectivity index (χ1n) is 9.60. The van der Waals surface area contributed by atoms with Crippen LogP contribution in [0.1, 0.15) is 39.6 Å². The summed E-state index contributed by atoms with van der Waals surface area (Å²) in [6.45, 7) is 1.04. The lowest BCUT2D eigenvalue weighted by molar-refractivity contribution is -0.132. The molecule has 0 spiro atoms. The van der Waals surface area contributed by atoms with Gasteiger partial charge in [-0.1, -0.05) is 18.2 Å². The van der Waals surface area contributed by atoms with Crippen molar-refractivity contribution in [3.05, 3.63) is 76.7 Å². The minimum absolute atomic E-state index is 0.0103. The van der Waals surface area contributed by atoms with Crippen LogP contribution in [-0.2, 0) is 17.8 Å². The summed E-state index contributed by atoms with van der Waals surface area (Å²) in [6.07, 6.45) is 0.907. The molecule has 0 fully saturated rings. The first-order chi connectivity index (χ1) is 14.1. The van der Waals surface area contributed by atoms with Gasteiger partial charge in [-0.05, 0) is 35.9 Å². The van der Waals surface area contributed by atoms with Crippen molar-refractivity contribution in [3.8, 4) is 11.3 Å². The standard InChI is InChI=1S/C22H19FN4O2/c23-14-7-5-13(6-8-14)21-17-12-27(10-9-18(17)25-26-21)20(28)11-19-15-3-1-2-4-16(15)22(29)24-19/h1-8,19H,9-12H2,(H,24,29)(H,25,26). The number of aromatic nitrogens is 2. The van der Waals surface area contributed by atoms with Crippen LogP contribution in [0.5, 0.6) is 0 Å². The number of hydrogen-bond donors (Lipinski definition) is 2. The SMILES string of the molecule is O=C1NC(CC(=O)N2CCc3[nH]nc(-c4ccc(F)cc4)c3C2)c2ccccc21.